The van der Waals surface area contributed by atoms with Gasteiger partial charge in [0.25, 0.3) is 0 Å². The molecular weight excluding hydrogens is 285 g/mol. The molecule has 18 heavy (non-hydrogen) atoms. The third-order valence-corrected chi connectivity index (χ3v) is 3.75. The topological polar surface area (TPSA) is 104 Å². The molecule has 5 N–H and O–H groups in total. The normalized spacial score (nSPS) is 19.7. The minimum absolute atomic E-state index is 0.124. The molecule has 0 amide bonds. The van der Waals surface area contributed by atoms with Gasteiger partial charge in [-0.1, -0.05) is 0 Å². The molecule has 4 atom stereocenters. The Labute approximate surface area is 117 Å². The first kappa shape index (κ1) is 18.3. The van der Waals surface area contributed by atoms with Gasteiger partial charge in [-0.15, -0.1) is 3.94 Å². The summed E-state index contributed by atoms with van der Waals surface area (Å²) in [6, 6.07) is 0. The third kappa shape index (κ3) is 5.54. The van der Waals surface area contributed by atoms with Crippen LogP contribution in [0.3, 0.4) is 0 Å². The molecule has 4 unspecified atom stereocenters. The first-order chi connectivity index (χ1) is 8.13. The average molecular weight is 306 g/mol. The van der Waals surface area contributed by atoms with Gasteiger partial charge in [-0.25, -0.2) is 0 Å². The van der Waals surface area contributed by atoms with Crippen LogP contribution in [-0.4, -0.2) is 66.0 Å². The van der Waals surface area contributed by atoms with E-state index < -0.39 is 36.6 Å². The van der Waals surface area contributed by atoms with Crippen LogP contribution in [-0.2, 0) is 0 Å². The zero-order valence-corrected chi connectivity index (χ0v) is 11.9. The number of aliphatic hydroxyl groups is 5. The van der Waals surface area contributed by atoms with E-state index in [1.54, 1.807) is 13.8 Å². The van der Waals surface area contributed by atoms with Crippen molar-refractivity contribution in [2.45, 2.75) is 56.6 Å². The van der Waals surface area contributed by atoms with E-state index in [0.717, 1.165) is 3.94 Å². The van der Waals surface area contributed by atoms with E-state index in [-0.39, 0.29) is 6.42 Å². The smallest absolute Gasteiger partial charge is 0.110 e. The lowest BCUT2D eigenvalue weighted by atomic mass is 9.93. The van der Waals surface area contributed by atoms with Gasteiger partial charge in [-0.3, -0.25) is 0 Å². The maximum Gasteiger partial charge on any atom is 0.110 e. The van der Waals surface area contributed by atoms with Crippen LogP contribution in [0.15, 0.2) is 0 Å². The molecule has 8 heteroatoms. The fourth-order valence-electron chi connectivity index (χ4n) is 1.32. The predicted molar refractivity (Wildman–Crippen MR) is 68.0 cm³/mol. The lowest BCUT2D eigenvalue weighted by Crippen LogP contribution is -2.46. The van der Waals surface area contributed by atoms with Crippen LogP contribution in [0.25, 0.3) is 0 Å². The van der Waals surface area contributed by atoms with E-state index in [2.05, 4.69) is 0 Å². The molecular formula is C10H21Cl2NO5. The summed E-state index contributed by atoms with van der Waals surface area (Å²) in [7, 11) is 0. The molecule has 110 valence electrons. The predicted octanol–water partition coefficient (Wildman–Crippen LogP) is -0.409. The molecule has 0 heterocycles. The summed E-state index contributed by atoms with van der Waals surface area (Å²) in [5, 5.41) is 46.4. The molecule has 6 nitrogen and oxygen atoms in total. The number of hydrogen-bond donors (Lipinski definition) is 5. The molecule has 0 rings (SSSR count). The van der Waals surface area contributed by atoms with Crippen LogP contribution >= 0.6 is 23.6 Å². The summed E-state index contributed by atoms with van der Waals surface area (Å²) in [6.45, 7) is 2.78. The Kier molecular flexibility index (Phi) is 7.96. The summed E-state index contributed by atoms with van der Waals surface area (Å²) in [5.41, 5.74) is -0.607. The van der Waals surface area contributed by atoms with Crippen molar-refractivity contribution >= 4 is 23.6 Å². The van der Waals surface area contributed by atoms with Crippen molar-refractivity contribution in [2.75, 3.05) is 6.61 Å². The Morgan fingerprint density at radius 3 is 1.83 bits per heavy atom. The highest BCUT2D eigenvalue weighted by molar-refractivity contribution is 6.34. The zero-order valence-electron chi connectivity index (χ0n) is 10.4. The van der Waals surface area contributed by atoms with Crippen molar-refractivity contribution < 1.29 is 25.5 Å². The standard InChI is InChI=1S/C10H21Cl2NO5/c1-10(2,13(11)12)4-3-6(15)8(17)9(18)7(16)5-14/h6-9,14-18H,3-5H2,1-2H3. The van der Waals surface area contributed by atoms with E-state index in [1.807, 2.05) is 0 Å². The third-order valence-electron chi connectivity index (χ3n) is 2.83. The summed E-state index contributed by atoms with van der Waals surface area (Å²) in [6.07, 6.45) is -5.44. The van der Waals surface area contributed by atoms with Gasteiger partial charge < -0.3 is 25.5 Å². The SMILES string of the molecule is CC(C)(CCC(O)C(O)C(O)C(O)CO)N(Cl)Cl. The lowest BCUT2D eigenvalue weighted by Gasteiger charge is -2.30. The van der Waals surface area contributed by atoms with Gasteiger partial charge in [-0.05, 0) is 50.2 Å². The second kappa shape index (κ2) is 7.81. The first-order valence-electron chi connectivity index (χ1n) is 5.58. The Balaban J connectivity index is 4.28. The number of hydrogen-bond acceptors (Lipinski definition) is 6. The highest BCUT2D eigenvalue weighted by Crippen LogP contribution is 2.26. The average Bonchev–Trinajstić information content (AvgIpc) is 2.32. The Morgan fingerprint density at radius 1 is 1.00 bits per heavy atom. The van der Waals surface area contributed by atoms with E-state index in [0.29, 0.717) is 6.42 Å². The van der Waals surface area contributed by atoms with Crippen LogP contribution in [0, 0.1) is 0 Å². The monoisotopic (exact) mass is 305 g/mol. The van der Waals surface area contributed by atoms with Crippen molar-refractivity contribution in [1.82, 2.24) is 3.94 Å². The first-order valence-corrected chi connectivity index (χ1v) is 6.26. The Hall–Kier alpha value is 0.340. The maximum absolute atomic E-state index is 9.67. The maximum atomic E-state index is 9.67. The molecule has 0 fully saturated rings. The fraction of sp³-hybridized carbons (Fsp3) is 1.00. The molecule has 0 saturated carbocycles. The minimum atomic E-state index is -1.61. The molecule has 0 aromatic heterocycles. The number of halogens is 2. The summed E-state index contributed by atoms with van der Waals surface area (Å²) in [4.78, 5) is 0. The van der Waals surface area contributed by atoms with E-state index in [9.17, 15) is 15.3 Å². The van der Waals surface area contributed by atoms with Crippen molar-refractivity contribution in [2.24, 2.45) is 0 Å². The zero-order chi connectivity index (χ0) is 14.5. The van der Waals surface area contributed by atoms with Gasteiger partial charge in [0.1, 0.15) is 18.3 Å². The highest BCUT2D eigenvalue weighted by atomic mass is 35.5. The van der Waals surface area contributed by atoms with Crippen molar-refractivity contribution in [3.8, 4) is 0 Å². The molecule has 0 aliphatic heterocycles. The molecule has 0 aliphatic carbocycles. The largest absolute Gasteiger partial charge is 0.394 e. The van der Waals surface area contributed by atoms with E-state index >= 15 is 0 Å². The van der Waals surface area contributed by atoms with Gasteiger partial charge in [0.15, 0.2) is 0 Å². The second-order valence-corrected chi connectivity index (χ2v) is 5.73. The van der Waals surface area contributed by atoms with E-state index in [1.165, 1.54) is 0 Å². The molecule has 0 radical (unpaired) electrons. The molecule has 0 spiro atoms. The van der Waals surface area contributed by atoms with Gasteiger partial charge in [0, 0.05) is 5.54 Å². The van der Waals surface area contributed by atoms with Crippen LogP contribution in [0.1, 0.15) is 26.7 Å². The lowest BCUT2D eigenvalue weighted by molar-refractivity contribution is -0.117. The fourth-order valence-corrected chi connectivity index (χ4v) is 1.49. The second-order valence-electron chi connectivity index (χ2n) is 4.88. The van der Waals surface area contributed by atoms with Gasteiger partial charge in [0.05, 0.1) is 12.7 Å². The van der Waals surface area contributed by atoms with Crippen LogP contribution in [0.2, 0.25) is 0 Å². The molecule has 0 saturated heterocycles. The number of nitrogens with zero attached hydrogens (tertiary/aromatic N) is 1. The van der Waals surface area contributed by atoms with Crippen LogP contribution in [0.5, 0.6) is 0 Å². The van der Waals surface area contributed by atoms with Crippen molar-refractivity contribution in [3.05, 3.63) is 0 Å². The molecule has 0 bridgehead atoms. The highest BCUT2D eigenvalue weighted by Gasteiger charge is 2.32. The minimum Gasteiger partial charge on any atom is -0.394 e. The van der Waals surface area contributed by atoms with E-state index in [4.69, 9.17) is 33.8 Å². The van der Waals surface area contributed by atoms with Crippen molar-refractivity contribution in [1.29, 1.82) is 0 Å². The summed E-state index contributed by atoms with van der Waals surface area (Å²) >= 11 is 11.2. The molecule has 0 aromatic rings. The summed E-state index contributed by atoms with van der Waals surface area (Å²) < 4.78 is 0.950. The number of aliphatic hydroxyl groups excluding tert-OH is 5. The molecule has 0 aromatic carbocycles. The van der Waals surface area contributed by atoms with Gasteiger partial charge >= 0.3 is 0 Å². The Bertz CT molecular complexity index is 242. The van der Waals surface area contributed by atoms with Gasteiger partial charge in [-0.2, -0.15) is 0 Å². The summed E-state index contributed by atoms with van der Waals surface area (Å²) in [5.74, 6) is 0. The van der Waals surface area contributed by atoms with Crippen LogP contribution < -0.4 is 0 Å². The van der Waals surface area contributed by atoms with Crippen molar-refractivity contribution in [3.63, 3.8) is 0 Å². The van der Waals surface area contributed by atoms with Gasteiger partial charge in [0.2, 0.25) is 0 Å². The number of rotatable bonds is 8. The van der Waals surface area contributed by atoms with Crippen LogP contribution in [0.4, 0.5) is 0 Å². The molecule has 0 aliphatic rings. The Morgan fingerprint density at radius 2 is 1.44 bits per heavy atom. The quantitative estimate of drug-likeness (QED) is 0.391.